The monoisotopic (exact) mass is 361 g/mol. The molecule has 2 aliphatic heterocycles. The third kappa shape index (κ3) is 4.08. The Bertz CT molecular complexity index is 683. The molecule has 1 spiro atoms. The minimum absolute atomic E-state index is 0.307. The summed E-state index contributed by atoms with van der Waals surface area (Å²) in [6, 6.07) is 3.76. The predicted octanol–water partition coefficient (Wildman–Crippen LogP) is 3.51. The summed E-state index contributed by atoms with van der Waals surface area (Å²) in [5, 5.41) is 0. The molecule has 0 saturated carbocycles. The van der Waals surface area contributed by atoms with Gasteiger partial charge in [0.2, 0.25) is 0 Å². The van der Waals surface area contributed by atoms with Crippen molar-refractivity contribution in [2.45, 2.75) is 58.2 Å². The van der Waals surface area contributed by atoms with Gasteiger partial charge in [-0.3, -0.25) is 9.88 Å². The van der Waals surface area contributed by atoms with E-state index in [-0.39, 0.29) is 12.2 Å². The average Bonchev–Trinajstić information content (AvgIpc) is 2.73. The van der Waals surface area contributed by atoms with E-state index < -0.39 is 11.2 Å². The lowest BCUT2D eigenvalue weighted by molar-refractivity contribution is 0.0217. The molecule has 2 saturated heterocycles. The first-order valence-electron chi connectivity index (χ1n) is 9.09. The van der Waals surface area contributed by atoms with Crippen LogP contribution < -0.4 is 4.90 Å². The molecule has 1 aromatic heterocycles. The number of ether oxygens (including phenoxy) is 2. The molecule has 2 fully saturated rings. The summed E-state index contributed by atoms with van der Waals surface area (Å²) < 4.78 is 11.2. The molecule has 0 aromatic carbocycles. The topological polar surface area (TPSA) is 72.0 Å². The van der Waals surface area contributed by atoms with Crippen molar-refractivity contribution in [1.82, 2.24) is 9.88 Å². The van der Waals surface area contributed by atoms with Gasteiger partial charge in [-0.1, -0.05) is 0 Å². The highest BCUT2D eigenvalue weighted by Gasteiger charge is 2.47. The van der Waals surface area contributed by atoms with Crippen LogP contribution in [0.1, 0.15) is 45.7 Å². The Morgan fingerprint density at radius 3 is 2.69 bits per heavy atom. The first-order chi connectivity index (χ1) is 12.2. The highest BCUT2D eigenvalue weighted by molar-refractivity contribution is 5.90. The number of amides is 2. The fourth-order valence-electron chi connectivity index (χ4n) is 3.38. The number of hydrogen-bond donors (Lipinski definition) is 0. The molecule has 1 atom stereocenters. The lowest BCUT2D eigenvalue weighted by Gasteiger charge is -2.27. The van der Waals surface area contributed by atoms with Crippen LogP contribution in [-0.2, 0) is 9.47 Å². The summed E-state index contributed by atoms with van der Waals surface area (Å²) in [6.45, 7) is 9.09. The van der Waals surface area contributed by atoms with Crippen molar-refractivity contribution in [1.29, 1.82) is 0 Å². The molecular formula is C19H27N3O4. The maximum Gasteiger partial charge on any atom is 0.415 e. The third-order valence-electron chi connectivity index (χ3n) is 4.73. The van der Waals surface area contributed by atoms with Crippen LogP contribution in [0.15, 0.2) is 18.3 Å². The van der Waals surface area contributed by atoms with Crippen molar-refractivity contribution in [3.05, 3.63) is 24.0 Å². The van der Waals surface area contributed by atoms with Crippen LogP contribution >= 0.6 is 0 Å². The molecule has 0 aliphatic carbocycles. The second-order valence-electron chi connectivity index (χ2n) is 8.12. The van der Waals surface area contributed by atoms with E-state index in [2.05, 4.69) is 4.98 Å². The van der Waals surface area contributed by atoms with Crippen LogP contribution in [0.5, 0.6) is 0 Å². The zero-order valence-electron chi connectivity index (χ0n) is 15.9. The van der Waals surface area contributed by atoms with Crippen molar-refractivity contribution in [2.75, 3.05) is 24.5 Å². The molecule has 2 amide bonds. The number of pyridine rings is 1. The van der Waals surface area contributed by atoms with Gasteiger partial charge in [-0.2, -0.15) is 0 Å². The van der Waals surface area contributed by atoms with Gasteiger partial charge in [-0.15, -0.1) is 0 Å². The summed E-state index contributed by atoms with van der Waals surface area (Å²) in [4.78, 5) is 32.4. The maximum atomic E-state index is 12.4. The van der Waals surface area contributed by atoms with Gasteiger partial charge in [0.15, 0.2) is 0 Å². The largest absolute Gasteiger partial charge is 0.444 e. The van der Waals surface area contributed by atoms with Gasteiger partial charge in [0, 0.05) is 25.2 Å². The summed E-state index contributed by atoms with van der Waals surface area (Å²) in [5.74, 6) is 0. The van der Waals surface area contributed by atoms with Gasteiger partial charge in [-0.25, -0.2) is 9.59 Å². The smallest absolute Gasteiger partial charge is 0.415 e. The Balaban J connectivity index is 1.67. The molecule has 1 aromatic rings. The average molecular weight is 361 g/mol. The second-order valence-corrected chi connectivity index (χ2v) is 8.12. The number of rotatable bonds is 1. The third-order valence-corrected chi connectivity index (χ3v) is 4.73. The number of likely N-dealkylation sites (tertiary alicyclic amines) is 1. The Labute approximate surface area is 154 Å². The van der Waals surface area contributed by atoms with E-state index in [1.807, 2.05) is 39.8 Å². The number of aromatic nitrogens is 1. The van der Waals surface area contributed by atoms with Crippen molar-refractivity contribution in [3.63, 3.8) is 0 Å². The molecule has 0 bridgehead atoms. The van der Waals surface area contributed by atoms with E-state index in [0.717, 1.165) is 24.2 Å². The van der Waals surface area contributed by atoms with Crippen LogP contribution in [0.4, 0.5) is 15.3 Å². The number of aryl methyl sites for hydroxylation is 1. The normalized spacial score (nSPS) is 23.8. The minimum atomic E-state index is -0.557. The Morgan fingerprint density at radius 2 is 2.04 bits per heavy atom. The van der Waals surface area contributed by atoms with Crippen LogP contribution in [0.25, 0.3) is 0 Å². The number of carbonyl (C=O) groups excluding carboxylic acids is 2. The molecule has 1 unspecified atom stereocenters. The van der Waals surface area contributed by atoms with Crippen LogP contribution in [0.3, 0.4) is 0 Å². The summed E-state index contributed by atoms with van der Waals surface area (Å²) in [6.07, 6.45) is 3.15. The zero-order chi connectivity index (χ0) is 18.9. The van der Waals surface area contributed by atoms with E-state index in [1.54, 1.807) is 16.0 Å². The van der Waals surface area contributed by atoms with Gasteiger partial charge in [0.1, 0.15) is 11.2 Å². The van der Waals surface area contributed by atoms with E-state index in [9.17, 15) is 9.59 Å². The van der Waals surface area contributed by atoms with Crippen LogP contribution in [0, 0.1) is 6.92 Å². The number of anilines is 1. The summed E-state index contributed by atoms with van der Waals surface area (Å²) in [7, 11) is 0. The van der Waals surface area contributed by atoms with Crippen molar-refractivity contribution < 1.29 is 19.1 Å². The molecule has 3 heterocycles. The molecule has 7 heteroatoms. The zero-order valence-corrected chi connectivity index (χ0v) is 15.9. The van der Waals surface area contributed by atoms with Gasteiger partial charge in [0.25, 0.3) is 0 Å². The quantitative estimate of drug-likeness (QED) is 0.765. The molecule has 142 valence electrons. The first-order valence-corrected chi connectivity index (χ1v) is 9.09. The number of carbonyl (C=O) groups is 2. The van der Waals surface area contributed by atoms with Crippen molar-refractivity contribution in [3.8, 4) is 0 Å². The fourth-order valence-corrected chi connectivity index (χ4v) is 3.38. The van der Waals surface area contributed by atoms with Gasteiger partial charge in [-0.05, 0) is 52.7 Å². The number of nitrogens with zero attached hydrogens (tertiary/aromatic N) is 3. The highest BCUT2D eigenvalue weighted by Crippen LogP contribution is 2.35. The van der Waals surface area contributed by atoms with Crippen molar-refractivity contribution in [2.24, 2.45) is 0 Å². The van der Waals surface area contributed by atoms with Crippen LogP contribution in [0.2, 0.25) is 0 Å². The Morgan fingerprint density at radius 1 is 1.27 bits per heavy atom. The molecular weight excluding hydrogens is 334 g/mol. The van der Waals surface area contributed by atoms with Gasteiger partial charge < -0.3 is 14.4 Å². The second kappa shape index (κ2) is 6.78. The Hall–Kier alpha value is -2.31. The lowest BCUT2D eigenvalue weighted by atomic mass is 9.95. The van der Waals surface area contributed by atoms with E-state index in [4.69, 9.17) is 9.47 Å². The first kappa shape index (κ1) is 18.5. The molecule has 26 heavy (non-hydrogen) atoms. The SMILES string of the molecule is Cc1ccc(N2CC3(CCCN(C(=O)OC(C)(C)C)CC3)OC2=O)cn1. The van der Waals surface area contributed by atoms with Crippen LogP contribution in [-0.4, -0.2) is 52.9 Å². The fraction of sp³-hybridized carbons (Fsp3) is 0.632. The van der Waals surface area contributed by atoms with Gasteiger partial charge >= 0.3 is 12.2 Å². The van der Waals surface area contributed by atoms with Crippen molar-refractivity contribution >= 4 is 17.9 Å². The standard InChI is InChI=1S/C19H27N3O4/c1-14-6-7-15(12-20-14)22-13-19(26-17(22)24)8-5-10-21(11-9-19)16(23)25-18(2,3)4/h6-7,12H,5,8-11,13H2,1-4H3. The number of hydrogen-bond acceptors (Lipinski definition) is 5. The molecule has 2 aliphatic rings. The Kier molecular flexibility index (Phi) is 4.82. The maximum absolute atomic E-state index is 12.4. The molecule has 7 nitrogen and oxygen atoms in total. The molecule has 0 radical (unpaired) electrons. The summed E-state index contributed by atoms with van der Waals surface area (Å²) >= 11 is 0. The molecule has 0 N–H and O–H groups in total. The van der Waals surface area contributed by atoms with E-state index >= 15 is 0 Å². The predicted molar refractivity (Wildman–Crippen MR) is 97.2 cm³/mol. The minimum Gasteiger partial charge on any atom is -0.444 e. The highest BCUT2D eigenvalue weighted by atomic mass is 16.6. The lowest BCUT2D eigenvalue weighted by Crippen LogP contribution is -2.39. The summed E-state index contributed by atoms with van der Waals surface area (Å²) in [5.41, 5.74) is 0.568. The van der Waals surface area contributed by atoms with E-state index in [1.165, 1.54) is 0 Å². The van der Waals surface area contributed by atoms with E-state index in [0.29, 0.717) is 26.1 Å². The molecule has 3 rings (SSSR count). The van der Waals surface area contributed by atoms with Gasteiger partial charge in [0.05, 0.1) is 18.4 Å².